The van der Waals surface area contributed by atoms with E-state index < -0.39 is 0 Å². The molecule has 1 aliphatic carbocycles. The fraction of sp³-hybridized carbons (Fsp3) is 0.562. The van der Waals surface area contributed by atoms with Gasteiger partial charge in [-0.2, -0.15) is 0 Å². The summed E-state index contributed by atoms with van der Waals surface area (Å²) >= 11 is 0. The first kappa shape index (κ1) is 26.6. The lowest BCUT2D eigenvalue weighted by molar-refractivity contribution is 0.253. The van der Waals surface area contributed by atoms with Gasteiger partial charge in [0.05, 0.1) is 5.52 Å². The maximum Gasteiger partial charge on any atom is 0.139 e. The van der Waals surface area contributed by atoms with Crippen molar-refractivity contribution in [3.05, 3.63) is 66.0 Å². The monoisotopic (exact) mass is 486 g/mol. The van der Waals surface area contributed by atoms with E-state index in [1.807, 2.05) is 0 Å². The van der Waals surface area contributed by atoms with Crippen LogP contribution in [0.25, 0.3) is 10.9 Å². The molecule has 1 fully saturated rings. The van der Waals surface area contributed by atoms with Crippen LogP contribution >= 0.6 is 0 Å². The molecule has 1 aliphatic rings. The lowest BCUT2D eigenvalue weighted by atomic mass is 9.79. The summed E-state index contributed by atoms with van der Waals surface area (Å²) in [6.07, 6.45) is 15.7. The molecule has 0 spiro atoms. The van der Waals surface area contributed by atoms with Crippen LogP contribution in [0.3, 0.4) is 0 Å². The molecule has 1 N–H and O–H groups in total. The standard InChI is InChI=1S/C32H46N4/c1-36(2)32-29-17-9-10-18-30(29)34-31(35-32)19-11-8-16-27-20-22-28(23-21-27)25-33-24-12-4-7-15-26-13-5-3-6-14-26/h3,5-6,9-10,13-14,17-18,27-28,33H,4,7-8,11-12,15-16,19-25H2,1-2H3. The van der Waals surface area contributed by atoms with Gasteiger partial charge in [-0.3, -0.25) is 0 Å². The van der Waals surface area contributed by atoms with Gasteiger partial charge in [0.25, 0.3) is 0 Å². The van der Waals surface area contributed by atoms with Crippen molar-refractivity contribution in [1.29, 1.82) is 0 Å². The zero-order valence-electron chi connectivity index (χ0n) is 22.6. The highest BCUT2D eigenvalue weighted by molar-refractivity contribution is 5.89. The Morgan fingerprint density at radius 1 is 0.750 bits per heavy atom. The zero-order chi connectivity index (χ0) is 25.0. The summed E-state index contributed by atoms with van der Waals surface area (Å²) in [4.78, 5) is 11.8. The molecule has 0 amide bonds. The van der Waals surface area contributed by atoms with Crippen LogP contribution in [0.2, 0.25) is 0 Å². The Balaban J connectivity index is 1.05. The van der Waals surface area contributed by atoms with E-state index >= 15 is 0 Å². The number of fused-ring (bicyclic) bond motifs is 1. The summed E-state index contributed by atoms with van der Waals surface area (Å²) in [5, 5.41) is 4.89. The van der Waals surface area contributed by atoms with Crippen molar-refractivity contribution in [3.8, 4) is 0 Å². The van der Waals surface area contributed by atoms with E-state index in [4.69, 9.17) is 9.97 Å². The minimum absolute atomic E-state index is 0.890. The van der Waals surface area contributed by atoms with E-state index in [0.29, 0.717) is 0 Å². The summed E-state index contributed by atoms with van der Waals surface area (Å²) in [6.45, 7) is 2.40. The number of nitrogens with one attached hydrogen (secondary N) is 1. The second kappa shape index (κ2) is 14.3. The van der Waals surface area contributed by atoms with E-state index in [2.05, 4.69) is 78.9 Å². The van der Waals surface area contributed by atoms with Crippen molar-refractivity contribution >= 4 is 16.7 Å². The van der Waals surface area contributed by atoms with Gasteiger partial charge in [0.1, 0.15) is 11.6 Å². The number of para-hydroxylation sites is 1. The maximum atomic E-state index is 4.87. The predicted octanol–water partition coefficient (Wildman–Crippen LogP) is 7.22. The van der Waals surface area contributed by atoms with Crippen LogP contribution in [0.1, 0.15) is 75.6 Å². The van der Waals surface area contributed by atoms with Crippen LogP contribution in [0.5, 0.6) is 0 Å². The summed E-state index contributed by atoms with van der Waals surface area (Å²) < 4.78 is 0. The molecule has 0 radical (unpaired) electrons. The molecule has 0 atom stereocenters. The van der Waals surface area contributed by atoms with Crippen molar-refractivity contribution in [3.63, 3.8) is 0 Å². The Labute approximate surface area is 218 Å². The molecule has 0 unspecified atom stereocenters. The topological polar surface area (TPSA) is 41.1 Å². The molecule has 36 heavy (non-hydrogen) atoms. The van der Waals surface area contributed by atoms with Crippen molar-refractivity contribution in [2.75, 3.05) is 32.1 Å². The summed E-state index contributed by atoms with van der Waals surface area (Å²) in [6, 6.07) is 19.2. The largest absolute Gasteiger partial charge is 0.362 e. The number of aromatic nitrogens is 2. The summed E-state index contributed by atoms with van der Waals surface area (Å²) in [5.74, 6) is 3.84. The second-order valence-electron chi connectivity index (χ2n) is 11.0. The number of benzene rings is 2. The molecule has 4 heteroatoms. The van der Waals surface area contributed by atoms with Crippen molar-refractivity contribution in [2.24, 2.45) is 11.8 Å². The molecule has 0 aliphatic heterocycles. The Morgan fingerprint density at radius 2 is 1.47 bits per heavy atom. The average Bonchev–Trinajstić information content (AvgIpc) is 2.91. The van der Waals surface area contributed by atoms with Gasteiger partial charge in [-0.05, 0) is 81.1 Å². The molecule has 0 bridgehead atoms. The number of unbranched alkanes of at least 4 members (excludes halogenated alkanes) is 3. The number of aryl methyl sites for hydroxylation is 2. The van der Waals surface area contributed by atoms with Crippen LogP contribution < -0.4 is 10.2 Å². The lowest BCUT2D eigenvalue weighted by Gasteiger charge is -2.28. The molecule has 3 aromatic rings. The van der Waals surface area contributed by atoms with Gasteiger partial charge in [0.2, 0.25) is 0 Å². The van der Waals surface area contributed by atoms with Gasteiger partial charge in [0, 0.05) is 25.9 Å². The van der Waals surface area contributed by atoms with Crippen LogP contribution in [-0.4, -0.2) is 37.2 Å². The van der Waals surface area contributed by atoms with Gasteiger partial charge in [-0.25, -0.2) is 9.97 Å². The summed E-state index contributed by atoms with van der Waals surface area (Å²) in [5.41, 5.74) is 2.54. The number of hydrogen-bond acceptors (Lipinski definition) is 4. The number of anilines is 1. The first-order valence-electron chi connectivity index (χ1n) is 14.4. The van der Waals surface area contributed by atoms with Gasteiger partial charge in [0.15, 0.2) is 0 Å². The molecule has 0 saturated heterocycles. The quantitative estimate of drug-likeness (QED) is 0.244. The van der Waals surface area contributed by atoms with Crippen LogP contribution in [0.15, 0.2) is 54.6 Å². The first-order valence-corrected chi connectivity index (χ1v) is 14.4. The molecular weight excluding hydrogens is 440 g/mol. The molecule has 1 saturated carbocycles. The highest BCUT2D eigenvalue weighted by Crippen LogP contribution is 2.32. The first-order chi connectivity index (χ1) is 17.7. The van der Waals surface area contributed by atoms with Crippen LogP contribution in [0.4, 0.5) is 5.82 Å². The fourth-order valence-corrected chi connectivity index (χ4v) is 5.71. The Hall–Kier alpha value is -2.46. The highest BCUT2D eigenvalue weighted by atomic mass is 15.1. The van der Waals surface area contributed by atoms with Gasteiger partial charge in [-0.1, -0.05) is 74.6 Å². The fourth-order valence-electron chi connectivity index (χ4n) is 5.71. The van der Waals surface area contributed by atoms with Crippen molar-refractivity contribution in [1.82, 2.24) is 15.3 Å². The van der Waals surface area contributed by atoms with Gasteiger partial charge in [-0.15, -0.1) is 0 Å². The minimum Gasteiger partial charge on any atom is -0.362 e. The van der Waals surface area contributed by atoms with E-state index in [9.17, 15) is 0 Å². The Morgan fingerprint density at radius 3 is 2.28 bits per heavy atom. The number of nitrogens with zero attached hydrogens (tertiary/aromatic N) is 3. The van der Waals surface area contributed by atoms with E-state index in [1.165, 1.54) is 89.3 Å². The van der Waals surface area contributed by atoms with Crippen LogP contribution in [-0.2, 0) is 12.8 Å². The molecular formula is C32H46N4. The molecule has 1 heterocycles. The third kappa shape index (κ3) is 8.30. The van der Waals surface area contributed by atoms with E-state index in [1.54, 1.807) is 0 Å². The third-order valence-corrected chi connectivity index (χ3v) is 7.88. The Kier molecular flexibility index (Phi) is 10.6. The van der Waals surface area contributed by atoms with Gasteiger partial charge >= 0.3 is 0 Å². The zero-order valence-corrected chi connectivity index (χ0v) is 22.6. The lowest BCUT2D eigenvalue weighted by Crippen LogP contribution is -2.27. The van der Waals surface area contributed by atoms with Crippen molar-refractivity contribution in [2.45, 2.75) is 77.0 Å². The van der Waals surface area contributed by atoms with Gasteiger partial charge < -0.3 is 10.2 Å². The summed E-state index contributed by atoms with van der Waals surface area (Å²) in [7, 11) is 4.13. The second-order valence-corrected chi connectivity index (χ2v) is 11.0. The molecule has 1 aromatic heterocycles. The van der Waals surface area contributed by atoms with E-state index in [0.717, 1.165) is 40.8 Å². The van der Waals surface area contributed by atoms with Crippen LogP contribution in [0, 0.1) is 11.8 Å². The minimum atomic E-state index is 0.890. The normalized spacial score (nSPS) is 17.9. The van der Waals surface area contributed by atoms with E-state index in [-0.39, 0.29) is 0 Å². The average molecular weight is 487 g/mol. The molecule has 4 rings (SSSR count). The molecule has 4 nitrogen and oxygen atoms in total. The molecule has 194 valence electrons. The highest BCUT2D eigenvalue weighted by Gasteiger charge is 2.20. The SMILES string of the molecule is CN(C)c1nc(CCCCC2CCC(CNCCCCCc3ccccc3)CC2)nc2ccccc12. The number of rotatable bonds is 14. The molecule has 2 aromatic carbocycles. The maximum absolute atomic E-state index is 4.87. The number of hydrogen-bond donors (Lipinski definition) is 1. The smallest absolute Gasteiger partial charge is 0.139 e. The predicted molar refractivity (Wildman–Crippen MR) is 154 cm³/mol. The Bertz CT molecular complexity index is 1020. The third-order valence-electron chi connectivity index (χ3n) is 7.88. The van der Waals surface area contributed by atoms with Crippen molar-refractivity contribution < 1.29 is 0 Å².